The first-order chi connectivity index (χ1) is 12.8. The number of benzene rings is 2. The van der Waals surface area contributed by atoms with E-state index in [-0.39, 0.29) is 11.4 Å². The number of carbonyl (C=O) groups excluding carboxylic acids is 3. The van der Waals surface area contributed by atoms with E-state index in [1.54, 1.807) is 30.3 Å². The molecular weight excluding hydrogens is 407 g/mol. The number of hydrogen-bond donors (Lipinski definition) is 1. The monoisotopic (exact) mass is 420 g/mol. The van der Waals surface area contributed by atoms with Crippen molar-refractivity contribution >= 4 is 63.8 Å². The van der Waals surface area contributed by atoms with E-state index in [4.69, 9.17) is 23.2 Å². The van der Waals surface area contributed by atoms with Crippen LogP contribution < -0.4 is 5.32 Å². The average molecular weight is 421 g/mol. The van der Waals surface area contributed by atoms with Gasteiger partial charge in [-0.1, -0.05) is 47.5 Å². The zero-order valence-electron chi connectivity index (χ0n) is 14.2. The number of thioether (sulfide) groups is 1. The largest absolute Gasteiger partial charge is 0.325 e. The van der Waals surface area contributed by atoms with Gasteiger partial charge in [-0.05, 0) is 54.1 Å². The Morgan fingerprint density at radius 3 is 2.67 bits per heavy atom. The molecule has 0 radical (unpaired) electrons. The van der Waals surface area contributed by atoms with Gasteiger partial charge in [0.25, 0.3) is 11.1 Å². The van der Waals surface area contributed by atoms with Crippen LogP contribution in [-0.4, -0.2) is 28.5 Å². The SMILES string of the molecule is Cc1cccc(NC(=O)CN2C(=O)S/C(=C/c3cccc(Cl)c3Cl)C2=O)c1. The predicted octanol–water partition coefficient (Wildman–Crippen LogP) is 4.98. The topological polar surface area (TPSA) is 66.5 Å². The highest BCUT2D eigenvalue weighted by Gasteiger charge is 2.36. The maximum absolute atomic E-state index is 12.5. The first kappa shape index (κ1) is 19.5. The quantitative estimate of drug-likeness (QED) is 0.708. The van der Waals surface area contributed by atoms with Crippen molar-refractivity contribution in [2.75, 3.05) is 11.9 Å². The van der Waals surface area contributed by atoms with Crippen molar-refractivity contribution in [3.63, 3.8) is 0 Å². The third-order valence-electron chi connectivity index (χ3n) is 3.75. The van der Waals surface area contributed by atoms with E-state index in [0.29, 0.717) is 21.3 Å². The fourth-order valence-corrected chi connectivity index (χ4v) is 3.67. The molecule has 2 aromatic rings. The normalized spacial score (nSPS) is 15.5. The van der Waals surface area contributed by atoms with Gasteiger partial charge in [-0.15, -0.1) is 0 Å². The number of halogens is 2. The van der Waals surface area contributed by atoms with Gasteiger partial charge in [0.2, 0.25) is 5.91 Å². The van der Waals surface area contributed by atoms with Gasteiger partial charge in [0.1, 0.15) is 6.54 Å². The van der Waals surface area contributed by atoms with Crippen LogP contribution in [0.1, 0.15) is 11.1 Å². The second kappa shape index (κ2) is 8.17. The first-order valence-electron chi connectivity index (χ1n) is 7.91. The van der Waals surface area contributed by atoms with Crippen LogP contribution in [0.15, 0.2) is 47.4 Å². The molecule has 0 spiro atoms. The molecule has 5 nitrogen and oxygen atoms in total. The summed E-state index contributed by atoms with van der Waals surface area (Å²) < 4.78 is 0. The summed E-state index contributed by atoms with van der Waals surface area (Å²) in [7, 11) is 0. The van der Waals surface area contributed by atoms with Crippen molar-refractivity contribution in [3.05, 3.63) is 68.5 Å². The van der Waals surface area contributed by atoms with Gasteiger partial charge in [-0.2, -0.15) is 0 Å². The Hall–Kier alpha value is -2.28. The van der Waals surface area contributed by atoms with Crippen LogP contribution in [0.3, 0.4) is 0 Å². The van der Waals surface area contributed by atoms with E-state index in [9.17, 15) is 14.4 Å². The van der Waals surface area contributed by atoms with E-state index in [2.05, 4.69) is 5.32 Å². The molecule has 0 saturated carbocycles. The molecule has 1 aliphatic heterocycles. The first-order valence-corrected chi connectivity index (χ1v) is 9.48. The van der Waals surface area contributed by atoms with Gasteiger partial charge in [-0.25, -0.2) is 0 Å². The van der Waals surface area contributed by atoms with Gasteiger partial charge in [0.15, 0.2) is 0 Å². The molecular formula is C19H14Cl2N2O3S. The molecule has 0 aromatic heterocycles. The molecule has 3 rings (SSSR count). The molecule has 0 atom stereocenters. The maximum Gasteiger partial charge on any atom is 0.294 e. The van der Waals surface area contributed by atoms with Crippen LogP contribution in [0.4, 0.5) is 10.5 Å². The van der Waals surface area contributed by atoms with E-state index in [1.165, 1.54) is 6.08 Å². The van der Waals surface area contributed by atoms with E-state index < -0.39 is 17.1 Å². The number of aryl methyl sites for hydroxylation is 1. The molecule has 0 bridgehead atoms. The fraction of sp³-hybridized carbons (Fsp3) is 0.105. The number of rotatable bonds is 4. The highest BCUT2D eigenvalue weighted by molar-refractivity contribution is 8.18. The zero-order valence-corrected chi connectivity index (χ0v) is 16.5. The van der Waals surface area contributed by atoms with Crippen LogP contribution >= 0.6 is 35.0 Å². The second-order valence-electron chi connectivity index (χ2n) is 5.83. The Bertz CT molecular complexity index is 975. The van der Waals surface area contributed by atoms with Gasteiger partial charge in [0.05, 0.1) is 15.0 Å². The maximum atomic E-state index is 12.5. The number of hydrogen-bond acceptors (Lipinski definition) is 4. The molecule has 1 aliphatic rings. The van der Waals surface area contributed by atoms with Crippen molar-refractivity contribution in [1.29, 1.82) is 0 Å². The van der Waals surface area contributed by atoms with Crippen LogP contribution in [0.5, 0.6) is 0 Å². The average Bonchev–Trinajstić information content (AvgIpc) is 2.86. The summed E-state index contributed by atoms with van der Waals surface area (Å²) in [6.45, 7) is 1.54. The minimum atomic E-state index is -0.541. The summed E-state index contributed by atoms with van der Waals surface area (Å²) in [6.07, 6.45) is 1.50. The van der Waals surface area contributed by atoms with Crippen LogP contribution in [0.2, 0.25) is 10.0 Å². The van der Waals surface area contributed by atoms with E-state index >= 15 is 0 Å². The third-order valence-corrected chi connectivity index (χ3v) is 5.49. The van der Waals surface area contributed by atoms with Crippen molar-refractivity contribution in [3.8, 4) is 0 Å². The molecule has 1 heterocycles. The standard InChI is InChI=1S/C19H14Cl2N2O3S/c1-11-4-2-6-13(8-11)22-16(24)10-23-18(25)15(27-19(23)26)9-12-5-3-7-14(20)17(12)21/h2-9H,10H2,1H3,(H,22,24)/b15-9+. The molecule has 8 heteroatoms. The van der Waals surface area contributed by atoms with E-state index in [0.717, 1.165) is 22.2 Å². The Morgan fingerprint density at radius 2 is 1.93 bits per heavy atom. The Kier molecular flexibility index (Phi) is 5.89. The van der Waals surface area contributed by atoms with Gasteiger partial charge >= 0.3 is 0 Å². The predicted molar refractivity (Wildman–Crippen MR) is 109 cm³/mol. The number of anilines is 1. The van der Waals surface area contributed by atoms with Crippen LogP contribution in [-0.2, 0) is 9.59 Å². The summed E-state index contributed by atoms with van der Waals surface area (Å²) in [4.78, 5) is 38.0. The lowest BCUT2D eigenvalue weighted by atomic mass is 10.2. The molecule has 27 heavy (non-hydrogen) atoms. The molecule has 2 aromatic carbocycles. The second-order valence-corrected chi connectivity index (χ2v) is 7.61. The van der Waals surface area contributed by atoms with E-state index in [1.807, 2.05) is 19.1 Å². The lowest BCUT2D eigenvalue weighted by molar-refractivity contribution is -0.127. The van der Waals surface area contributed by atoms with Crippen molar-refractivity contribution in [2.24, 2.45) is 0 Å². The summed E-state index contributed by atoms with van der Waals surface area (Å²) in [5.41, 5.74) is 2.12. The Labute approximate surface area is 170 Å². The smallest absolute Gasteiger partial charge is 0.294 e. The molecule has 0 unspecified atom stereocenters. The molecule has 1 fully saturated rings. The minimum Gasteiger partial charge on any atom is -0.325 e. The molecule has 1 N–H and O–H groups in total. The summed E-state index contributed by atoms with van der Waals surface area (Å²) >= 11 is 12.8. The third kappa shape index (κ3) is 4.53. The van der Waals surface area contributed by atoms with Crippen LogP contribution in [0, 0.1) is 6.92 Å². The molecule has 138 valence electrons. The van der Waals surface area contributed by atoms with Gasteiger partial charge < -0.3 is 5.32 Å². The fourth-order valence-electron chi connectivity index (χ4n) is 2.48. The number of imide groups is 1. The van der Waals surface area contributed by atoms with Crippen LogP contribution in [0.25, 0.3) is 6.08 Å². The summed E-state index contributed by atoms with van der Waals surface area (Å²) in [5.74, 6) is -0.995. The highest BCUT2D eigenvalue weighted by atomic mass is 35.5. The zero-order chi connectivity index (χ0) is 19.6. The lowest BCUT2D eigenvalue weighted by Gasteiger charge is -2.12. The van der Waals surface area contributed by atoms with Gasteiger partial charge in [0, 0.05) is 5.69 Å². The lowest BCUT2D eigenvalue weighted by Crippen LogP contribution is -2.36. The van der Waals surface area contributed by atoms with Crippen molar-refractivity contribution < 1.29 is 14.4 Å². The molecule has 0 aliphatic carbocycles. The van der Waals surface area contributed by atoms with Crippen molar-refractivity contribution in [1.82, 2.24) is 4.90 Å². The summed E-state index contributed by atoms with van der Waals surface area (Å²) in [5, 5.41) is 2.81. The van der Waals surface area contributed by atoms with Gasteiger partial charge in [-0.3, -0.25) is 19.3 Å². The minimum absolute atomic E-state index is 0.188. The molecule has 3 amide bonds. The summed E-state index contributed by atoms with van der Waals surface area (Å²) in [6, 6.07) is 12.3. The highest BCUT2D eigenvalue weighted by Crippen LogP contribution is 2.34. The number of nitrogens with zero attached hydrogens (tertiary/aromatic N) is 1. The Morgan fingerprint density at radius 1 is 1.19 bits per heavy atom. The number of carbonyl (C=O) groups is 3. The number of nitrogens with one attached hydrogen (secondary N) is 1. The Balaban J connectivity index is 1.73. The van der Waals surface area contributed by atoms with Crippen molar-refractivity contribution in [2.45, 2.75) is 6.92 Å². The molecule has 1 saturated heterocycles. The number of amides is 3.